The van der Waals surface area contributed by atoms with Gasteiger partial charge in [0.2, 0.25) is 5.89 Å². The van der Waals surface area contributed by atoms with E-state index in [4.69, 9.17) is 4.52 Å². The zero-order chi connectivity index (χ0) is 14.7. The Morgan fingerprint density at radius 3 is 2.90 bits per heavy atom. The van der Waals surface area contributed by atoms with Gasteiger partial charge in [-0.05, 0) is 29.5 Å². The van der Waals surface area contributed by atoms with Crippen LogP contribution in [0, 0.1) is 26.4 Å². The molecule has 0 unspecified atom stereocenters. The van der Waals surface area contributed by atoms with Crippen molar-refractivity contribution in [1.82, 2.24) is 10.1 Å². The summed E-state index contributed by atoms with van der Waals surface area (Å²) in [4.78, 5) is 14.4. The summed E-state index contributed by atoms with van der Waals surface area (Å²) >= 11 is 1.71. The Morgan fingerprint density at radius 2 is 2.30 bits per heavy atom. The monoisotopic (exact) mass is 392 g/mol. The third-order valence-electron chi connectivity index (χ3n) is 2.46. The molecule has 0 radical (unpaired) electrons. The average Bonchev–Trinajstić information content (AvgIpc) is 2.79. The Labute approximate surface area is 126 Å². The van der Waals surface area contributed by atoms with Gasteiger partial charge in [-0.2, -0.15) is 4.98 Å². The number of rotatable bonds is 5. The van der Waals surface area contributed by atoms with Gasteiger partial charge in [-0.15, -0.1) is 0 Å². The second-order valence-electron chi connectivity index (χ2n) is 3.95. The number of anilines is 1. The number of aryl methyl sites for hydroxylation is 1. The number of nitrogens with one attached hydrogen (secondary N) is 1. The van der Waals surface area contributed by atoms with Gasteiger partial charge in [-0.25, -0.2) is 4.39 Å². The molecule has 1 aromatic heterocycles. The third-order valence-corrected chi connectivity index (χ3v) is 3.29. The Balaban J connectivity index is 2.08. The number of nitrogens with zero attached hydrogens (tertiary/aromatic N) is 3. The first kappa shape index (κ1) is 14.6. The van der Waals surface area contributed by atoms with Crippen molar-refractivity contribution in [2.45, 2.75) is 13.3 Å². The average molecular weight is 392 g/mol. The molecule has 0 atom stereocenters. The van der Waals surface area contributed by atoms with Crippen LogP contribution in [0.25, 0.3) is 0 Å². The van der Waals surface area contributed by atoms with Crippen molar-refractivity contribution in [2.24, 2.45) is 0 Å². The molecule has 0 aliphatic rings. The first-order valence-corrected chi connectivity index (χ1v) is 6.71. The van der Waals surface area contributed by atoms with Gasteiger partial charge in [-0.3, -0.25) is 10.1 Å². The van der Waals surface area contributed by atoms with E-state index in [9.17, 15) is 14.5 Å². The van der Waals surface area contributed by atoms with E-state index in [0.29, 0.717) is 24.7 Å². The van der Waals surface area contributed by atoms with E-state index in [-0.39, 0.29) is 14.9 Å². The number of nitro benzene ring substituents is 1. The highest BCUT2D eigenvalue weighted by Crippen LogP contribution is 2.28. The predicted molar refractivity (Wildman–Crippen MR) is 77.0 cm³/mol. The Morgan fingerprint density at radius 1 is 1.55 bits per heavy atom. The molecule has 2 rings (SSSR count). The lowest BCUT2D eigenvalue weighted by atomic mass is 10.2. The SMILES string of the molecule is Cc1noc(CCNc2cc(F)c(I)cc2[N+](=O)[O-])n1. The molecule has 0 saturated carbocycles. The minimum absolute atomic E-state index is 0.129. The van der Waals surface area contributed by atoms with Crippen LogP contribution in [0.4, 0.5) is 15.8 Å². The first-order valence-electron chi connectivity index (χ1n) is 5.64. The van der Waals surface area contributed by atoms with Crippen LogP contribution in [0.1, 0.15) is 11.7 Å². The number of aromatic nitrogens is 2. The maximum atomic E-state index is 13.5. The molecule has 0 spiro atoms. The molecule has 0 aliphatic carbocycles. The summed E-state index contributed by atoms with van der Waals surface area (Å²) in [5, 5.41) is 17.4. The normalized spacial score (nSPS) is 10.6. The van der Waals surface area contributed by atoms with E-state index in [1.165, 1.54) is 6.07 Å². The molecule has 2 aromatic rings. The molecule has 0 saturated heterocycles. The van der Waals surface area contributed by atoms with Crippen molar-refractivity contribution in [3.8, 4) is 0 Å². The molecule has 1 aromatic carbocycles. The van der Waals surface area contributed by atoms with Gasteiger partial charge in [0.15, 0.2) is 5.82 Å². The van der Waals surface area contributed by atoms with Crippen LogP contribution < -0.4 is 5.32 Å². The summed E-state index contributed by atoms with van der Waals surface area (Å²) < 4.78 is 18.6. The van der Waals surface area contributed by atoms with E-state index >= 15 is 0 Å². The fourth-order valence-corrected chi connectivity index (χ4v) is 2.03. The van der Waals surface area contributed by atoms with Gasteiger partial charge >= 0.3 is 0 Å². The fourth-order valence-electron chi connectivity index (χ4n) is 1.57. The van der Waals surface area contributed by atoms with Crippen LogP contribution in [0.15, 0.2) is 16.7 Å². The van der Waals surface area contributed by atoms with Gasteiger partial charge in [-0.1, -0.05) is 5.16 Å². The molecule has 0 aliphatic heterocycles. The number of nitro groups is 1. The highest BCUT2D eigenvalue weighted by molar-refractivity contribution is 14.1. The quantitative estimate of drug-likeness (QED) is 0.478. The summed E-state index contributed by atoms with van der Waals surface area (Å²) in [5.74, 6) is 0.433. The molecular formula is C11H10FIN4O3. The van der Waals surface area contributed by atoms with Crippen LogP contribution in [-0.4, -0.2) is 21.6 Å². The molecule has 1 N–H and O–H groups in total. The van der Waals surface area contributed by atoms with E-state index in [0.717, 1.165) is 6.07 Å². The summed E-state index contributed by atoms with van der Waals surface area (Å²) in [6, 6.07) is 2.30. The standard InChI is InChI=1S/C11H10FIN4O3/c1-6-15-11(20-16-6)2-3-14-9-4-7(12)8(13)5-10(9)17(18)19/h4-5,14H,2-3H2,1H3. The van der Waals surface area contributed by atoms with Crippen LogP contribution in [-0.2, 0) is 6.42 Å². The summed E-state index contributed by atoms with van der Waals surface area (Å²) in [6.07, 6.45) is 0.394. The Bertz CT molecular complexity index is 647. The zero-order valence-electron chi connectivity index (χ0n) is 10.4. The highest BCUT2D eigenvalue weighted by atomic mass is 127. The van der Waals surface area contributed by atoms with E-state index in [2.05, 4.69) is 15.5 Å². The number of benzene rings is 1. The minimum Gasteiger partial charge on any atom is -0.379 e. The lowest BCUT2D eigenvalue weighted by molar-refractivity contribution is -0.384. The topological polar surface area (TPSA) is 94.1 Å². The van der Waals surface area contributed by atoms with Crippen molar-refractivity contribution in [2.75, 3.05) is 11.9 Å². The molecule has 0 amide bonds. The lowest BCUT2D eigenvalue weighted by Crippen LogP contribution is -2.08. The smallest absolute Gasteiger partial charge is 0.293 e. The van der Waals surface area contributed by atoms with Gasteiger partial charge in [0.05, 0.1) is 8.49 Å². The Hall–Kier alpha value is -1.78. The predicted octanol–water partition coefficient (Wildman–Crippen LogP) is 2.68. The zero-order valence-corrected chi connectivity index (χ0v) is 12.5. The maximum Gasteiger partial charge on any atom is 0.293 e. The molecule has 1 heterocycles. The molecule has 20 heavy (non-hydrogen) atoms. The molecule has 9 heteroatoms. The van der Waals surface area contributed by atoms with Crippen LogP contribution in [0.5, 0.6) is 0 Å². The van der Waals surface area contributed by atoms with E-state index in [1.54, 1.807) is 29.5 Å². The van der Waals surface area contributed by atoms with Crippen molar-refractivity contribution in [3.63, 3.8) is 0 Å². The summed E-state index contributed by atoms with van der Waals surface area (Å²) in [7, 11) is 0. The third kappa shape index (κ3) is 3.40. The van der Waals surface area contributed by atoms with Crippen LogP contribution in [0.2, 0.25) is 0 Å². The van der Waals surface area contributed by atoms with Crippen LogP contribution >= 0.6 is 22.6 Å². The van der Waals surface area contributed by atoms with E-state index in [1.807, 2.05) is 0 Å². The van der Waals surface area contributed by atoms with Gasteiger partial charge in [0, 0.05) is 25.1 Å². The molecule has 106 valence electrons. The summed E-state index contributed by atoms with van der Waals surface area (Å²) in [5.41, 5.74) is -0.0401. The highest BCUT2D eigenvalue weighted by Gasteiger charge is 2.17. The number of halogens is 2. The fraction of sp³-hybridized carbons (Fsp3) is 0.273. The minimum atomic E-state index is -0.555. The maximum absolute atomic E-state index is 13.5. The molecule has 0 bridgehead atoms. The van der Waals surface area contributed by atoms with Crippen molar-refractivity contribution < 1.29 is 13.8 Å². The largest absolute Gasteiger partial charge is 0.379 e. The molecule has 7 nitrogen and oxygen atoms in total. The lowest BCUT2D eigenvalue weighted by Gasteiger charge is -2.06. The van der Waals surface area contributed by atoms with Crippen molar-refractivity contribution in [3.05, 3.63) is 43.3 Å². The van der Waals surface area contributed by atoms with Gasteiger partial charge < -0.3 is 9.84 Å². The molecular weight excluding hydrogens is 382 g/mol. The molecule has 0 fully saturated rings. The van der Waals surface area contributed by atoms with Gasteiger partial charge in [0.1, 0.15) is 11.5 Å². The van der Waals surface area contributed by atoms with Crippen molar-refractivity contribution >= 4 is 34.0 Å². The number of hydrogen-bond donors (Lipinski definition) is 1. The van der Waals surface area contributed by atoms with Crippen LogP contribution in [0.3, 0.4) is 0 Å². The van der Waals surface area contributed by atoms with Gasteiger partial charge in [0.25, 0.3) is 5.69 Å². The second kappa shape index (κ2) is 6.11. The second-order valence-corrected chi connectivity index (χ2v) is 5.11. The first-order chi connectivity index (χ1) is 9.47. The van der Waals surface area contributed by atoms with Crippen molar-refractivity contribution in [1.29, 1.82) is 0 Å². The van der Waals surface area contributed by atoms with E-state index < -0.39 is 10.7 Å². The summed E-state index contributed by atoms with van der Waals surface area (Å²) in [6.45, 7) is 2.02. The number of hydrogen-bond acceptors (Lipinski definition) is 6. The Kier molecular flexibility index (Phi) is 4.47.